The molecule has 1 aromatic carbocycles. The lowest BCUT2D eigenvalue weighted by Crippen LogP contribution is -2.34. The first-order valence-corrected chi connectivity index (χ1v) is 6.98. The van der Waals surface area contributed by atoms with Crippen molar-refractivity contribution in [3.8, 4) is 11.5 Å². The minimum absolute atomic E-state index is 0.366. The summed E-state index contributed by atoms with van der Waals surface area (Å²) >= 11 is 0. The molecule has 1 unspecified atom stereocenters. The van der Waals surface area contributed by atoms with E-state index in [1.807, 2.05) is 0 Å². The minimum atomic E-state index is 0.366. The van der Waals surface area contributed by atoms with Gasteiger partial charge in [-0.15, -0.1) is 0 Å². The van der Waals surface area contributed by atoms with E-state index in [1.54, 1.807) is 0 Å². The Balaban J connectivity index is 1.73. The average Bonchev–Trinajstić information content (AvgIpc) is 2.86. The van der Waals surface area contributed by atoms with Gasteiger partial charge in [0.25, 0.3) is 0 Å². The normalized spacial score (nSPS) is 23.3. The Morgan fingerprint density at radius 3 is 3.06 bits per heavy atom. The predicted molar refractivity (Wildman–Crippen MR) is 71.3 cm³/mol. The molecule has 1 saturated heterocycles. The Bertz CT molecular complexity index is 417. The first-order valence-electron chi connectivity index (χ1n) is 6.98. The van der Waals surface area contributed by atoms with Crippen LogP contribution in [0.2, 0.25) is 0 Å². The van der Waals surface area contributed by atoms with E-state index in [2.05, 4.69) is 30.0 Å². The second-order valence-corrected chi connectivity index (χ2v) is 5.25. The summed E-state index contributed by atoms with van der Waals surface area (Å²) in [5, 5.41) is 0. The standard InChI is InChI=1S/C15H21NO2/c1-2-7-16-8-3-4-13(10-16)12-5-6-14-15(9-12)18-11-17-14/h5-6,9,13H,2-4,7-8,10-11H2,1H3. The van der Waals surface area contributed by atoms with Gasteiger partial charge in [-0.25, -0.2) is 0 Å². The van der Waals surface area contributed by atoms with Crippen molar-refractivity contribution in [3.63, 3.8) is 0 Å². The van der Waals surface area contributed by atoms with E-state index in [4.69, 9.17) is 9.47 Å². The number of rotatable bonds is 3. The van der Waals surface area contributed by atoms with E-state index < -0.39 is 0 Å². The lowest BCUT2D eigenvalue weighted by molar-refractivity contribution is 0.173. The maximum absolute atomic E-state index is 5.47. The van der Waals surface area contributed by atoms with E-state index in [9.17, 15) is 0 Å². The Labute approximate surface area is 109 Å². The van der Waals surface area contributed by atoms with Gasteiger partial charge >= 0.3 is 0 Å². The number of nitrogens with zero attached hydrogens (tertiary/aromatic N) is 1. The van der Waals surface area contributed by atoms with Crippen molar-refractivity contribution < 1.29 is 9.47 Å². The number of hydrogen-bond donors (Lipinski definition) is 0. The zero-order chi connectivity index (χ0) is 12.4. The summed E-state index contributed by atoms with van der Waals surface area (Å²) in [6, 6.07) is 6.42. The van der Waals surface area contributed by atoms with E-state index >= 15 is 0 Å². The Morgan fingerprint density at radius 2 is 2.17 bits per heavy atom. The second-order valence-electron chi connectivity index (χ2n) is 5.25. The highest BCUT2D eigenvalue weighted by Crippen LogP contribution is 2.36. The van der Waals surface area contributed by atoms with E-state index in [1.165, 1.54) is 44.5 Å². The third kappa shape index (κ3) is 2.32. The largest absolute Gasteiger partial charge is 0.454 e. The predicted octanol–water partition coefficient (Wildman–Crippen LogP) is 3.00. The van der Waals surface area contributed by atoms with Gasteiger partial charge in [-0.3, -0.25) is 0 Å². The van der Waals surface area contributed by atoms with Crippen molar-refractivity contribution in [1.29, 1.82) is 0 Å². The van der Waals surface area contributed by atoms with Crippen molar-refractivity contribution in [2.45, 2.75) is 32.1 Å². The zero-order valence-corrected chi connectivity index (χ0v) is 11.0. The van der Waals surface area contributed by atoms with Crippen LogP contribution in [0.25, 0.3) is 0 Å². The van der Waals surface area contributed by atoms with Crippen LogP contribution in [0.15, 0.2) is 18.2 Å². The highest BCUT2D eigenvalue weighted by atomic mass is 16.7. The smallest absolute Gasteiger partial charge is 0.231 e. The fraction of sp³-hybridized carbons (Fsp3) is 0.600. The minimum Gasteiger partial charge on any atom is -0.454 e. The van der Waals surface area contributed by atoms with Gasteiger partial charge in [-0.05, 0) is 56.0 Å². The van der Waals surface area contributed by atoms with Crippen molar-refractivity contribution in [2.75, 3.05) is 26.4 Å². The monoisotopic (exact) mass is 247 g/mol. The highest BCUT2D eigenvalue weighted by molar-refractivity contribution is 5.45. The quantitative estimate of drug-likeness (QED) is 0.819. The summed E-state index contributed by atoms with van der Waals surface area (Å²) in [5.41, 5.74) is 1.40. The molecule has 0 radical (unpaired) electrons. The fourth-order valence-electron chi connectivity index (χ4n) is 3.01. The molecule has 3 heteroatoms. The topological polar surface area (TPSA) is 21.7 Å². The molecule has 0 N–H and O–H groups in total. The summed E-state index contributed by atoms with van der Waals surface area (Å²) in [5.74, 6) is 2.46. The van der Waals surface area contributed by atoms with Gasteiger partial charge in [-0.2, -0.15) is 0 Å². The molecule has 0 aliphatic carbocycles. The molecule has 3 nitrogen and oxygen atoms in total. The summed E-state index contributed by atoms with van der Waals surface area (Å²) < 4.78 is 10.8. The summed E-state index contributed by atoms with van der Waals surface area (Å²) in [7, 11) is 0. The maximum Gasteiger partial charge on any atom is 0.231 e. The van der Waals surface area contributed by atoms with E-state index in [0.29, 0.717) is 12.7 Å². The third-order valence-electron chi connectivity index (χ3n) is 3.91. The number of likely N-dealkylation sites (tertiary alicyclic amines) is 1. The van der Waals surface area contributed by atoms with Crippen LogP contribution in [0.3, 0.4) is 0 Å². The first-order chi connectivity index (χ1) is 8.86. The molecule has 1 aromatic rings. The molecule has 1 fully saturated rings. The van der Waals surface area contributed by atoms with Crippen molar-refractivity contribution in [2.24, 2.45) is 0 Å². The molecule has 2 aliphatic rings. The Hall–Kier alpha value is -1.22. The number of hydrogen-bond acceptors (Lipinski definition) is 3. The molecule has 18 heavy (non-hydrogen) atoms. The van der Waals surface area contributed by atoms with Crippen LogP contribution in [-0.4, -0.2) is 31.3 Å². The first kappa shape index (κ1) is 11.8. The van der Waals surface area contributed by atoms with Crippen molar-refractivity contribution in [3.05, 3.63) is 23.8 Å². The molecule has 2 heterocycles. The Kier molecular flexibility index (Phi) is 3.41. The number of fused-ring (bicyclic) bond motifs is 1. The van der Waals surface area contributed by atoms with Gasteiger partial charge in [0.1, 0.15) is 0 Å². The molecule has 0 spiro atoms. The lowest BCUT2D eigenvalue weighted by Gasteiger charge is -2.32. The fourth-order valence-corrected chi connectivity index (χ4v) is 3.01. The number of benzene rings is 1. The molecule has 98 valence electrons. The van der Waals surface area contributed by atoms with E-state index in [0.717, 1.165) is 11.5 Å². The van der Waals surface area contributed by atoms with Crippen LogP contribution in [-0.2, 0) is 0 Å². The molecule has 1 atom stereocenters. The molecule has 0 bridgehead atoms. The molecular formula is C15H21NO2. The number of ether oxygens (including phenoxy) is 2. The van der Waals surface area contributed by atoms with Gasteiger partial charge in [0.15, 0.2) is 11.5 Å². The van der Waals surface area contributed by atoms with Crippen LogP contribution >= 0.6 is 0 Å². The maximum atomic E-state index is 5.47. The summed E-state index contributed by atoms with van der Waals surface area (Å²) in [4.78, 5) is 2.58. The van der Waals surface area contributed by atoms with Crippen LogP contribution in [0.4, 0.5) is 0 Å². The Morgan fingerprint density at radius 1 is 1.28 bits per heavy atom. The van der Waals surface area contributed by atoms with Crippen molar-refractivity contribution >= 4 is 0 Å². The van der Waals surface area contributed by atoms with Gasteiger partial charge in [-0.1, -0.05) is 13.0 Å². The highest BCUT2D eigenvalue weighted by Gasteiger charge is 2.23. The molecule has 3 rings (SSSR count). The summed E-state index contributed by atoms with van der Waals surface area (Å²) in [6.07, 6.45) is 3.84. The number of piperidine rings is 1. The molecule has 2 aliphatic heterocycles. The molecular weight excluding hydrogens is 226 g/mol. The van der Waals surface area contributed by atoms with Crippen LogP contribution in [0, 0.1) is 0 Å². The van der Waals surface area contributed by atoms with Gasteiger partial charge in [0, 0.05) is 6.54 Å². The van der Waals surface area contributed by atoms with Gasteiger partial charge in [0.05, 0.1) is 0 Å². The van der Waals surface area contributed by atoms with Crippen LogP contribution in [0.1, 0.15) is 37.7 Å². The van der Waals surface area contributed by atoms with Gasteiger partial charge in [0.2, 0.25) is 6.79 Å². The second kappa shape index (κ2) is 5.19. The van der Waals surface area contributed by atoms with Crippen LogP contribution < -0.4 is 9.47 Å². The summed E-state index contributed by atoms with van der Waals surface area (Å²) in [6.45, 7) is 6.29. The third-order valence-corrected chi connectivity index (χ3v) is 3.91. The average molecular weight is 247 g/mol. The molecule has 0 saturated carbocycles. The van der Waals surface area contributed by atoms with Crippen LogP contribution in [0.5, 0.6) is 11.5 Å². The molecule has 0 aromatic heterocycles. The van der Waals surface area contributed by atoms with E-state index in [-0.39, 0.29) is 0 Å². The zero-order valence-electron chi connectivity index (χ0n) is 11.0. The lowest BCUT2D eigenvalue weighted by atomic mass is 9.90. The molecule has 0 amide bonds. The van der Waals surface area contributed by atoms with Gasteiger partial charge < -0.3 is 14.4 Å². The SMILES string of the molecule is CCCN1CCCC(c2ccc3c(c2)OCO3)C1. The van der Waals surface area contributed by atoms with Crippen molar-refractivity contribution in [1.82, 2.24) is 4.90 Å².